The molecule has 0 fully saturated rings. The van der Waals surface area contributed by atoms with E-state index < -0.39 is 10.0 Å². The van der Waals surface area contributed by atoms with E-state index in [2.05, 4.69) is 0 Å². The Bertz CT molecular complexity index is 1690. The molecular formula is C25H22N4O3S3. The Morgan fingerprint density at radius 1 is 1.03 bits per heavy atom. The van der Waals surface area contributed by atoms with Gasteiger partial charge >= 0.3 is 0 Å². The Morgan fingerprint density at radius 3 is 2.60 bits per heavy atom. The number of para-hydroxylation sites is 1. The number of furan rings is 1. The second kappa shape index (κ2) is 9.38. The number of benzene rings is 2. The number of hydrogen-bond donors (Lipinski definition) is 0. The molecule has 2 aromatic carbocycles. The molecule has 0 aliphatic rings. The third-order valence-corrected chi connectivity index (χ3v) is 8.96. The van der Waals surface area contributed by atoms with Crippen molar-refractivity contribution in [3.8, 4) is 11.5 Å². The molecule has 0 saturated carbocycles. The van der Waals surface area contributed by atoms with Crippen LogP contribution < -0.4 is 4.80 Å². The van der Waals surface area contributed by atoms with Crippen LogP contribution in [0.3, 0.4) is 0 Å². The van der Waals surface area contributed by atoms with Crippen molar-refractivity contribution >= 4 is 55.6 Å². The van der Waals surface area contributed by atoms with Gasteiger partial charge in [0, 0.05) is 24.9 Å². The van der Waals surface area contributed by atoms with E-state index >= 15 is 0 Å². The quantitative estimate of drug-likeness (QED) is 0.268. The van der Waals surface area contributed by atoms with E-state index in [0.29, 0.717) is 16.2 Å². The highest BCUT2D eigenvalue weighted by Crippen LogP contribution is 2.29. The summed E-state index contributed by atoms with van der Waals surface area (Å²) < 4.78 is 34.2. The largest absolute Gasteiger partial charge is 0.454 e. The van der Waals surface area contributed by atoms with Gasteiger partial charge in [-0.25, -0.2) is 22.4 Å². The summed E-state index contributed by atoms with van der Waals surface area (Å²) in [5.41, 5.74) is 3.20. The van der Waals surface area contributed by atoms with Crippen LogP contribution >= 0.6 is 22.7 Å². The van der Waals surface area contributed by atoms with Gasteiger partial charge in [-0.05, 0) is 54.3 Å². The highest BCUT2D eigenvalue weighted by Gasteiger charge is 2.18. The number of sulfonamides is 1. The average molecular weight is 523 g/mol. The lowest BCUT2D eigenvalue weighted by molar-refractivity contribution is 0.521. The van der Waals surface area contributed by atoms with Gasteiger partial charge in [0.15, 0.2) is 5.76 Å². The van der Waals surface area contributed by atoms with Crippen molar-refractivity contribution in [2.24, 2.45) is 10.1 Å². The minimum absolute atomic E-state index is 0.182. The molecule has 7 nitrogen and oxygen atoms in total. The van der Waals surface area contributed by atoms with Crippen LogP contribution in [-0.2, 0) is 10.0 Å². The average Bonchev–Trinajstić information content (AvgIpc) is 3.55. The van der Waals surface area contributed by atoms with E-state index in [1.807, 2.05) is 60.3 Å². The summed E-state index contributed by atoms with van der Waals surface area (Å²) in [6, 6.07) is 18.4. The molecule has 0 N–H and O–H groups in total. The summed E-state index contributed by atoms with van der Waals surface area (Å²) in [6.45, 7) is 2.04. The molecule has 5 aromatic rings. The molecule has 0 atom stereocenters. The SMILES string of the molecule is Cc1ccsc1/C=N\n1c(-c2cc3ccccc3o2)csc1=Nc1cccc(S(=O)(=O)N(C)C)c1. The molecular weight excluding hydrogens is 501 g/mol. The smallest absolute Gasteiger partial charge is 0.242 e. The summed E-state index contributed by atoms with van der Waals surface area (Å²) in [6.07, 6.45) is 1.81. The maximum absolute atomic E-state index is 12.6. The lowest BCUT2D eigenvalue weighted by Gasteiger charge is -2.11. The molecule has 0 bridgehead atoms. The van der Waals surface area contributed by atoms with Gasteiger partial charge in [-0.3, -0.25) is 0 Å². The second-order valence-electron chi connectivity index (χ2n) is 7.97. The Labute approximate surface area is 211 Å². The topological polar surface area (TPSA) is 80.2 Å². The molecule has 3 aromatic heterocycles. The van der Waals surface area contributed by atoms with Gasteiger partial charge < -0.3 is 4.42 Å². The Morgan fingerprint density at radius 2 is 1.86 bits per heavy atom. The van der Waals surface area contributed by atoms with Crippen molar-refractivity contribution < 1.29 is 12.8 Å². The first-order valence-electron chi connectivity index (χ1n) is 10.7. The number of thiazole rings is 1. The monoisotopic (exact) mass is 522 g/mol. The Hall–Kier alpha value is -3.31. The van der Waals surface area contributed by atoms with Gasteiger partial charge in [0.2, 0.25) is 14.8 Å². The van der Waals surface area contributed by atoms with Crippen molar-refractivity contribution in [1.29, 1.82) is 0 Å². The van der Waals surface area contributed by atoms with Gasteiger partial charge in [0.1, 0.15) is 11.3 Å². The molecule has 0 amide bonds. The molecule has 5 rings (SSSR count). The predicted octanol–water partition coefficient (Wildman–Crippen LogP) is 5.70. The third kappa shape index (κ3) is 4.65. The maximum Gasteiger partial charge on any atom is 0.242 e. The van der Waals surface area contributed by atoms with Crippen LogP contribution in [0.25, 0.3) is 22.4 Å². The van der Waals surface area contributed by atoms with E-state index in [9.17, 15) is 8.42 Å². The fourth-order valence-corrected chi connectivity index (χ4v) is 5.99. The van der Waals surface area contributed by atoms with Crippen molar-refractivity contribution in [2.45, 2.75) is 11.8 Å². The predicted molar refractivity (Wildman–Crippen MR) is 142 cm³/mol. The van der Waals surface area contributed by atoms with Crippen molar-refractivity contribution in [3.05, 3.63) is 86.7 Å². The van der Waals surface area contributed by atoms with Gasteiger partial charge in [0.25, 0.3) is 0 Å². The van der Waals surface area contributed by atoms with Gasteiger partial charge in [-0.15, -0.1) is 22.7 Å². The fourth-order valence-electron chi connectivity index (χ4n) is 3.43. The lowest BCUT2D eigenvalue weighted by Crippen LogP contribution is -2.22. The van der Waals surface area contributed by atoms with Crippen LogP contribution in [0.2, 0.25) is 0 Å². The van der Waals surface area contributed by atoms with E-state index in [4.69, 9.17) is 14.5 Å². The summed E-state index contributed by atoms with van der Waals surface area (Å²) >= 11 is 3.01. The molecule has 0 unspecified atom stereocenters. The van der Waals surface area contributed by atoms with Crippen LogP contribution in [0.5, 0.6) is 0 Å². The Balaban J connectivity index is 1.66. The van der Waals surface area contributed by atoms with E-state index in [-0.39, 0.29) is 4.90 Å². The van der Waals surface area contributed by atoms with Crippen molar-refractivity contribution in [2.75, 3.05) is 14.1 Å². The van der Waals surface area contributed by atoms with Gasteiger partial charge in [-0.2, -0.15) is 5.10 Å². The maximum atomic E-state index is 12.6. The first-order chi connectivity index (χ1) is 16.8. The van der Waals surface area contributed by atoms with E-state index in [1.165, 1.54) is 29.7 Å². The normalized spacial score (nSPS) is 13.0. The first-order valence-corrected chi connectivity index (χ1v) is 13.9. The molecule has 0 aliphatic heterocycles. The van der Waals surface area contributed by atoms with Crippen LogP contribution in [-0.4, -0.2) is 37.7 Å². The number of aromatic nitrogens is 1. The number of rotatable bonds is 6. The van der Waals surface area contributed by atoms with E-state index in [1.54, 1.807) is 40.3 Å². The standard InChI is InChI=1S/C25H22N4O3S3/c1-17-11-12-33-24(17)15-26-29-21(23-13-18-7-4-5-10-22(18)32-23)16-34-25(29)27-19-8-6-9-20(14-19)35(30,31)28(2)3/h4-16H,1-3H3/b26-15-,27-25?. The van der Waals surface area contributed by atoms with Crippen molar-refractivity contribution in [3.63, 3.8) is 0 Å². The second-order valence-corrected chi connectivity index (χ2v) is 11.9. The van der Waals surface area contributed by atoms with E-state index in [0.717, 1.165) is 27.1 Å². The lowest BCUT2D eigenvalue weighted by atomic mass is 10.2. The fraction of sp³-hybridized carbons (Fsp3) is 0.120. The molecule has 0 aliphatic carbocycles. The van der Waals surface area contributed by atoms with Crippen LogP contribution in [0.1, 0.15) is 10.4 Å². The number of nitrogens with zero attached hydrogens (tertiary/aromatic N) is 4. The molecule has 178 valence electrons. The first kappa shape index (κ1) is 23.4. The summed E-state index contributed by atoms with van der Waals surface area (Å²) in [5.74, 6) is 0.674. The Kier molecular flexibility index (Phi) is 6.28. The molecule has 35 heavy (non-hydrogen) atoms. The zero-order valence-electron chi connectivity index (χ0n) is 19.2. The highest BCUT2D eigenvalue weighted by molar-refractivity contribution is 7.89. The van der Waals surface area contributed by atoms with Gasteiger partial charge in [0.05, 0.1) is 21.7 Å². The van der Waals surface area contributed by atoms with Gasteiger partial charge in [-0.1, -0.05) is 24.3 Å². The number of thiophene rings is 1. The zero-order valence-corrected chi connectivity index (χ0v) is 21.7. The molecule has 10 heteroatoms. The minimum atomic E-state index is -3.57. The third-order valence-electron chi connectivity index (χ3n) is 5.38. The molecule has 0 saturated heterocycles. The van der Waals surface area contributed by atoms with Crippen LogP contribution in [0.4, 0.5) is 5.69 Å². The van der Waals surface area contributed by atoms with Crippen LogP contribution in [0, 0.1) is 6.92 Å². The minimum Gasteiger partial charge on any atom is -0.454 e. The summed E-state index contributed by atoms with van der Waals surface area (Å²) in [5, 5.41) is 9.71. The summed E-state index contributed by atoms with van der Waals surface area (Å²) in [4.78, 5) is 6.56. The molecule has 0 radical (unpaired) electrons. The number of hydrogen-bond acceptors (Lipinski definition) is 7. The number of aryl methyl sites for hydroxylation is 1. The molecule has 3 heterocycles. The highest BCUT2D eigenvalue weighted by atomic mass is 32.2. The summed E-state index contributed by atoms with van der Waals surface area (Å²) in [7, 11) is -0.558. The van der Waals surface area contributed by atoms with Crippen molar-refractivity contribution in [1.82, 2.24) is 8.98 Å². The van der Waals surface area contributed by atoms with Crippen LogP contribution in [0.15, 0.2) is 90.8 Å². The zero-order chi connectivity index (χ0) is 24.6. The number of fused-ring (bicyclic) bond motifs is 1. The molecule has 0 spiro atoms.